The minimum atomic E-state index is -0.251. The summed E-state index contributed by atoms with van der Waals surface area (Å²) in [5.74, 6) is 0.800. The fraction of sp³-hybridized carbons (Fsp3) is 0.138. The molecule has 6 heteroatoms. The number of oxazole rings is 1. The lowest BCUT2D eigenvalue weighted by Crippen LogP contribution is -2.34. The van der Waals surface area contributed by atoms with Crippen molar-refractivity contribution in [3.8, 4) is 11.5 Å². The van der Waals surface area contributed by atoms with Crippen molar-refractivity contribution in [2.45, 2.75) is 26.2 Å². The minimum Gasteiger partial charge on any atom is -0.436 e. The number of carbonyl (C=O) groups is 1. The maximum atomic E-state index is 12.8. The van der Waals surface area contributed by atoms with Gasteiger partial charge in [-0.2, -0.15) is 0 Å². The first-order valence-electron chi connectivity index (χ1n) is 11.6. The predicted molar refractivity (Wildman–Crippen MR) is 146 cm³/mol. The molecule has 0 bridgehead atoms. The number of hydrogen-bond donors (Lipinski definition) is 2. The second-order valence-electron chi connectivity index (χ2n) is 8.57. The van der Waals surface area contributed by atoms with E-state index < -0.39 is 0 Å². The van der Waals surface area contributed by atoms with Crippen molar-refractivity contribution in [2.75, 3.05) is 5.32 Å². The Kier molecular flexibility index (Phi) is 6.29. The van der Waals surface area contributed by atoms with E-state index in [9.17, 15) is 4.79 Å². The number of carbonyl (C=O) groups excluding carboxylic acids is 1. The summed E-state index contributed by atoms with van der Waals surface area (Å²) in [6, 6.07) is 27.2. The average molecular weight is 480 g/mol. The Hall–Kier alpha value is -4.03. The molecule has 2 N–H and O–H groups in total. The standard InChI is InChI=1S/C29H25N3O2S/c1-3-18(2)21-13-16-26-25(17-21)31-28(34-26)20-11-14-22(15-12-20)30-29(35)32-27(33)24-10-6-8-19-7-4-5-9-23(19)24/h4-18H,3H2,1-2H3,(H2,30,32,33,35)/t18-/m0/s1. The highest BCUT2D eigenvalue weighted by Crippen LogP contribution is 2.28. The van der Waals surface area contributed by atoms with Crippen LogP contribution in [0.5, 0.6) is 0 Å². The normalized spacial score (nSPS) is 11.9. The molecule has 0 unspecified atom stereocenters. The summed E-state index contributed by atoms with van der Waals surface area (Å²) in [5, 5.41) is 7.96. The maximum absolute atomic E-state index is 12.8. The summed E-state index contributed by atoms with van der Waals surface area (Å²) in [4.78, 5) is 17.5. The number of nitrogens with one attached hydrogen (secondary N) is 2. The number of amides is 1. The molecule has 0 aliphatic heterocycles. The molecule has 0 saturated heterocycles. The van der Waals surface area contributed by atoms with Crippen molar-refractivity contribution in [1.82, 2.24) is 10.3 Å². The minimum absolute atomic E-state index is 0.232. The average Bonchev–Trinajstić information content (AvgIpc) is 3.31. The fourth-order valence-electron chi connectivity index (χ4n) is 4.06. The van der Waals surface area contributed by atoms with Gasteiger partial charge in [0.05, 0.1) is 0 Å². The molecule has 0 spiro atoms. The zero-order chi connectivity index (χ0) is 24.4. The van der Waals surface area contributed by atoms with E-state index in [1.54, 1.807) is 6.07 Å². The molecule has 5 aromatic rings. The first kappa shape index (κ1) is 22.7. The highest BCUT2D eigenvalue weighted by atomic mass is 32.1. The highest BCUT2D eigenvalue weighted by Gasteiger charge is 2.13. The number of hydrogen-bond acceptors (Lipinski definition) is 4. The van der Waals surface area contributed by atoms with Gasteiger partial charge in [0.15, 0.2) is 10.7 Å². The fourth-order valence-corrected chi connectivity index (χ4v) is 4.27. The lowest BCUT2D eigenvalue weighted by molar-refractivity contribution is 0.0979. The third-order valence-corrected chi connectivity index (χ3v) is 6.45. The van der Waals surface area contributed by atoms with Crippen molar-refractivity contribution >= 4 is 50.8 Å². The van der Waals surface area contributed by atoms with Crippen LogP contribution in [-0.2, 0) is 0 Å². The van der Waals surface area contributed by atoms with Crippen LogP contribution in [-0.4, -0.2) is 16.0 Å². The van der Waals surface area contributed by atoms with Gasteiger partial charge in [0, 0.05) is 16.8 Å². The summed E-state index contributed by atoms with van der Waals surface area (Å²) in [6.07, 6.45) is 1.08. The van der Waals surface area contributed by atoms with Crippen LogP contribution >= 0.6 is 12.2 Å². The van der Waals surface area contributed by atoms with Crippen LogP contribution in [0.1, 0.15) is 42.1 Å². The van der Waals surface area contributed by atoms with Crippen molar-refractivity contribution in [2.24, 2.45) is 0 Å². The van der Waals surface area contributed by atoms with E-state index in [0.717, 1.165) is 39.5 Å². The number of nitrogens with zero attached hydrogens (tertiary/aromatic N) is 1. The van der Waals surface area contributed by atoms with E-state index in [1.165, 1.54) is 5.56 Å². The summed E-state index contributed by atoms with van der Waals surface area (Å²) in [6.45, 7) is 4.39. The SMILES string of the molecule is CC[C@H](C)c1ccc2oc(-c3ccc(NC(=S)NC(=O)c4cccc5ccccc45)cc3)nc2c1. The van der Waals surface area contributed by atoms with Gasteiger partial charge >= 0.3 is 0 Å². The molecule has 174 valence electrons. The Labute approximate surface area is 209 Å². The molecule has 4 aromatic carbocycles. The third-order valence-electron chi connectivity index (χ3n) is 6.24. The molecule has 1 amide bonds. The van der Waals surface area contributed by atoms with E-state index in [4.69, 9.17) is 16.6 Å². The molecule has 0 saturated carbocycles. The van der Waals surface area contributed by atoms with E-state index in [1.807, 2.05) is 66.7 Å². The van der Waals surface area contributed by atoms with Crippen LogP contribution in [0.2, 0.25) is 0 Å². The second kappa shape index (κ2) is 9.68. The zero-order valence-corrected chi connectivity index (χ0v) is 20.4. The van der Waals surface area contributed by atoms with Gasteiger partial charge in [-0.1, -0.05) is 56.3 Å². The first-order valence-corrected chi connectivity index (χ1v) is 12.0. The molecule has 1 atom stereocenters. The summed E-state index contributed by atoms with van der Waals surface area (Å²) in [7, 11) is 0. The highest BCUT2D eigenvalue weighted by molar-refractivity contribution is 7.80. The van der Waals surface area contributed by atoms with Crippen LogP contribution < -0.4 is 10.6 Å². The summed E-state index contributed by atoms with van der Waals surface area (Å²) in [5.41, 5.74) is 5.09. The van der Waals surface area contributed by atoms with Gasteiger partial charge in [-0.25, -0.2) is 4.98 Å². The molecule has 1 aromatic heterocycles. The number of rotatable bonds is 5. The zero-order valence-electron chi connectivity index (χ0n) is 19.5. The van der Waals surface area contributed by atoms with Gasteiger partial charge in [-0.05, 0) is 83.4 Å². The monoisotopic (exact) mass is 479 g/mol. The molecule has 5 nitrogen and oxygen atoms in total. The van der Waals surface area contributed by atoms with Gasteiger partial charge in [0.2, 0.25) is 5.89 Å². The maximum Gasteiger partial charge on any atom is 0.258 e. The molecular weight excluding hydrogens is 454 g/mol. The first-order chi connectivity index (χ1) is 17.0. The van der Waals surface area contributed by atoms with Crippen LogP contribution in [0.25, 0.3) is 33.3 Å². The van der Waals surface area contributed by atoms with Crippen LogP contribution in [0.4, 0.5) is 5.69 Å². The molecule has 35 heavy (non-hydrogen) atoms. The van der Waals surface area contributed by atoms with Gasteiger partial charge < -0.3 is 9.73 Å². The Morgan fingerprint density at radius 1 is 1.00 bits per heavy atom. The van der Waals surface area contributed by atoms with E-state index in [-0.39, 0.29) is 11.0 Å². The van der Waals surface area contributed by atoms with Crippen LogP contribution in [0.3, 0.4) is 0 Å². The number of fused-ring (bicyclic) bond motifs is 2. The Morgan fingerprint density at radius 2 is 1.77 bits per heavy atom. The molecule has 0 radical (unpaired) electrons. The van der Waals surface area contributed by atoms with Gasteiger partial charge in [-0.3, -0.25) is 10.1 Å². The summed E-state index contributed by atoms with van der Waals surface area (Å²) < 4.78 is 5.97. The number of thiocarbonyl (C=S) groups is 1. The van der Waals surface area contributed by atoms with Gasteiger partial charge in [0.25, 0.3) is 5.91 Å². The number of anilines is 1. The predicted octanol–water partition coefficient (Wildman–Crippen LogP) is 7.29. The van der Waals surface area contributed by atoms with Crippen LogP contribution in [0, 0.1) is 0 Å². The molecule has 0 aliphatic rings. The summed E-state index contributed by atoms with van der Waals surface area (Å²) >= 11 is 5.37. The Morgan fingerprint density at radius 3 is 2.57 bits per heavy atom. The molecule has 5 rings (SSSR count). The number of aromatic nitrogens is 1. The topological polar surface area (TPSA) is 67.2 Å². The van der Waals surface area contributed by atoms with Crippen molar-refractivity contribution in [3.05, 3.63) is 96.1 Å². The van der Waals surface area contributed by atoms with Gasteiger partial charge in [0.1, 0.15) is 5.52 Å². The van der Waals surface area contributed by atoms with E-state index in [0.29, 0.717) is 17.4 Å². The Bertz CT molecular complexity index is 1530. The van der Waals surface area contributed by atoms with E-state index in [2.05, 4.69) is 41.6 Å². The lowest BCUT2D eigenvalue weighted by atomic mass is 9.98. The van der Waals surface area contributed by atoms with Crippen molar-refractivity contribution in [3.63, 3.8) is 0 Å². The lowest BCUT2D eigenvalue weighted by Gasteiger charge is -2.11. The molecule has 0 aliphatic carbocycles. The quantitative estimate of drug-likeness (QED) is 0.259. The van der Waals surface area contributed by atoms with Crippen molar-refractivity contribution < 1.29 is 9.21 Å². The number of benzene rings is 4. The molecule has 1 heterocycles. The molecular formula is C29H25N3O2S. The van der Waals surface area contributed by atoms with Crippen molar-refractivity contribution in [1.29, 1.82) is 0 Å². The third kappa shape index (κ3) is 4.79. The molecule has 0 fully saturated rings. The van der Waals surface area contributed by atoms with Crippen LogP contribution in [0.15, 0.2) is 89.3 Å². The Balaban J connectivity index is 1.27. The second-order valence-corrected chi connectivity index (χ2v) is 8.98. The smallest absolute Gasteiger partial charge is 0.258 e. The van der Waals surface area contributed by atoms with Gasteiger partial charge in [-0.15, -0.1) is 0 Å². The van der Waals surface area contributed by atoms with E-state index >= 15 is 0 Å². The largest absolute Gasteiger partial charge is 0.436 e.